The van der Waals surface area contributed by atoms with Gasteiger partial charge in [0.25, 0.3) is 5.91 Å². The first-order valence-corrected chi connectivity index (χ1v) is 9.85. The molecule has 1 amide bonds. The lowest BCUT2D eigenvalue weighted by molar-refractivity contribution is 0.0922. The maximum atomic E-state index is 12.9. The smallest absolute Gasteiger partial charge is 0.287 e. The van der Waals surface area contributed by atoms with Gasteiger partial charge in [-0.15, -0.1) is 10.2 Å². The van der Waals surface area contributed by atoms with Crippen molar-refractivity contribution in [1.82, 2.24) is 20.1 Å². The number of hydrogen-bond acceptors (Lipinski definition) is 5. The summed E-state index contributed by atoms with van der Waals surface area (Å²) < 4.78 is 26.1. The third kappa shape index (κ3) is 4.82. The number of aromatic nitrogens is 3. The second-order valence-corrected chi connectivity index (χ2v) is 7.01. The summed E-state index contributed by atoms with van der Waals surface area (Å²) in [4.78, 5) is 12.3. The summed E-state index contributed by atoms with van der Waals surface area (Å²) in [5.41, 5.74) is 0. The van der Waals surface area contributed by atoms with Crippen LogP contribution < -0.4 is 10.1 Å². The van der Waals surface area contributed by atoms with Crippen LogP contribution in [0.4, 0.5) is 4.39 Å². The summed E-state index contributed by atoms with van der Waals surface area (Å²) in [6.45, 7) is 1.56. The largest absolute Gasteiger partial charge is 0.486 e. The van der Waals surface area contributed by atoms with Crippen molar-refractivity contribution in [3.8, 4) is 5.75 Å². The molecule has 29 heavy (non-hydrogen) atoms. The van der Waals surface area contributed by atoms with Crippen LogP contribution in [0.25, 0.3) is 0 Å². The molecule has 4 rings (SSSR count). The molecule has 0 saturated carbocycles. The van der Waals surface area contributed by atoms with Crippen LogP contribution in [0.2, 0.25) is 0 Å². The van der Waals surface area contributed by atoms with Gasteiger partial charge in [-0.3, -0.25) is 4.79 Å². The third-order valence-electron chi connectivity index (χ3n) is 4.90. The second-order valence-electron chi connectivity index (χ2n) is 7.01. The Balaban J connectivity index is 1.26. The molecule has 0 spiro atoms. The zero-order valence-corrected chi connectivity index (χ0v) is 16.1. The number of aryl methyl sites for hydroxylation is 1. The number of amides is 1. The molecule has 0 aliphatic carbocycles. The first kappa shape index (κ1) is 19.2. The molecule has 0 fully saturated rings. The Bertz CT molecular complexity index is 965. The molecule has 0 unspecified atom stereocenters. The number of hydrogen-bond donors (Lipinski definition) is 1. The highest BCUT2D eigenvalue weighted by molar-refractivity contribution is 5.91. The normalized spacial score (nSPS) is 13.6. The van der Waals surface area contributed by atoms with Crippen LogP contribution in [0.1, 0.15) is 47.2 Å². The van der Waals surface area contributed by atoms with Crippen molar-refractivity contribution in [2.24, 2.45) is 0 Å². The molecule has 1 N–H and O–H groups in total. The van der Waals surface area contributed by atoms with Crippen molar-refractivity contribution in [3.63, 3.8) is 0 Å². The maximum absolute atomic E-state index is 12.9. The minimum Gasteiger partial charge on any atom is -0.486 e. The zero-order valence-electron chi connectivity index (χ0n) is 16.1. The monoisotopic (exact) mass is 398 g/mol. The van der Waals surface area contributed by atoms with E-state index in [-0.39, 0.29) is 24.1 Å². The number of furan rings is 1. The molecule has 0 bridgehead atoms. The molecule has 2 aromatic heterocycles. The van der Waals surface area contributed by atoms with E-state index in [2.05, 4.69) is 20.1 Å². The van der Waals surface area contributed by atoms with Crippen LogP contribution in [-0.2, 0) is 26.0 Å². The lowest BCUT2D eigenvalue weighted by atomic mass is 10.2. The summed E-state index contributed by atoms with van der Waals surface area (Å²) in [7, 11) is 0. The molecular weight excluding hydrogens is 375 g/mol. The number of rotatable bonds is 7. The minimum atomic E-state index is -0.323. The Labute approximate surface area is 167 Å². The molecule has 0 radical (unpaired) electrons. The van der Waals surface area contributed by atoms with Crippen molar-refractivity contribution >= 4 is 5.91 Å². The number of halogens is 1. The standard InChI is InChI=1S/C21H23FN4O3/c22-15-5-7-16(8-6-15)28-14-17-9-10-18(29-17)21(27)23-12-11-20-25-24-19-4-2-1-3-13-26(19)20/h5-10H,1-4,11-14H2,(H,23,27). The van der Waals surface area contributed by atoms with Gasteiger partial charge in [-0.2, -0.15) is 0 Å². The first-order valence-electron chi connectivity index (χ1n) is 9.85. The van der Waals surface area contributed by atoms with Gasteiger partial charge < -0.3 is 19.0 Å². The Kier molecular flexibility index (Phi) is 5.88. The number of benzene rings is 1. The summed E-state index contributed by atoms with van der Waals surface area (Å²) in [6, 6.07) is 9.03. The molecule has 0 atom stereocenters. The van der Waals surface area contributed by atoms with Crippen LogP contribution in [-0.4, -0.2) is 27.2 Å². The van der Waals surface area contributed by atoms with Crippen LogP contribution in [0.3, 0.4) is 0 Å². The van der Waals surface area contributed by atoms with Gasteiger partial charge in [0.15, 0.2) is 5.76 Å². The third-order valence-corrected chi connectivity index (χ3v) is 4.90. The molecule has 0 saturated heterocycles. The van der Waals surface area contributed by atoms with Gasteiger partial charge in [0.2, 0.25) is 0 Å². The van der Waals surface area contributed by atoms with E-state index in [4.69, 9.17) is 9.15 Å². The van der Waals surface area contributed by atoms with E-state index >= 15 is 0 Å². The molecule has 7 nitrogen and oxygen atoms in total. The fourth-order valence-corrected chi connectivity index (χ4v) is 3.37. The van der Waals surface area contributed by atoms with Gasteiger partial charge in [-0.05, 0) is 49.2 Å². The van der Waals surface area contributed by atoms with Gasteiger partial charge in [-0.25, -0.2) is 4.39 Å². The highest BCUT2D eigenvalue weighted by Gasteiger charge is 2.16. The van der Waals surface area contributed by atoms with E-state index in [9.17, 15) is 9.18 Å². The van der Waals surface area contributed by atoms with Gasteiger partial charge >= 0.3 is 0 Å². The Morgan fingerprint density at radius 2 is 2.00 bits per heavy atom. The highest BCUT2D eigenvalue weighted by Crippen LogP contribution is 2.16. The lowest BCUT2D eigenvalue weighted by Gasteiger charge is -2.07. The number of nitrogens with zero attached hydrogens (tertiary/aromatic N) is 3. The average Bonchev–Trinajstić information content (AvgIpc) is 3.28. The summed E-state index contributed by atoms with van der Waals surface area (Å²) in [5, 5.41) is 11.4. The lowest BCUT2D eigenvalue weighted by Crippen LogP contribution is -2.26. The summed E-state index contributed by atoms with van der Waals surface area (Å²) >= 11 is 0. The van der Waals surface area contributed by atoms with E-state index in [0.717, 1.165) is 37.5 Å². The van der Waals surface area contributed by atoms with E-state index in [1.165, 1.54) is 30.7 Å². The predicted molar refractivity (Wildman–Crippen MR) is 103 cm³/mol. The van der Waals surface area contributed by atoms with Crippen molar-refractivity contribution in [3.05, 3.63) is 65.4 Å². The summed E-state index contributed by atoms with van der Waals surface area (Å²) in [5.74, 6) is 2.62. The fraction of sp³-hybridized carbons (Fsp3) is 0.381. The van der Waals surface area contributed by atoms with E-state index < -0.39 is 0 Å². The number of ether oxygens (including phenoxy) is 1. The molecule has 1 aliphatic rings. The number of carbonyl (C=O) groups excluding carboxylic acids is 1. The SMILES string of the molecule is O=C(NCCc1nnc2n1CCCCC2)c1ccc(COc2ccc(F)cc2)o1. The summed E-state index contributed by atoms with van der Waals surface area (Å²) in [6.07, 6.45) is 5.10. The molecule has 3 heterocycles. The van der Waals surface area contributed by atoms with Crippen LogP contribution in [0.15, 0.2) is 40.8 Å². The van der Waals surface area contributed by atoms with Crippen LogP contribution in [0.5, 0.6) is 5.75 Å². The van der Waals surface area contributed by atoms with Gasteiger partial charge in [0.05, 0.1) is 0 Å². The molecule has 1 aromatic carbocycles. The topological polar surface area (TPSA) is 82.2 Å². The molecule has 3 aromatic rings. The fourth-order valence-electron chi connectivity index (χ4n) is 3.37. The van der Waals surface area contributed by atoms with Gasteiger partial charge in [0.1, 0.15) is 35.6 Å². The molecule has 8 heteroatoms. The van der Waals surface area contributed by atoms with E-state index in [0.29, 0.717) is 24.5 Å². The van der Waals surface area contributed by atoms with Crippen molar-refractivity contribution < 1.29 is 18.3 Å². The number of carbonyl (C=O) groups is 1. The Morgan fingerprint density at radius 1 is 1.14 bits per heavy atom. The van der Waals surface area contributed by atoms with Gasteiger partial charge in [0, 0.05) is 25.9 Å². The van der Waals surface area contributed by atoms with E-state index in [1.54, 1.807) is 12.1 Å². The molecule has 152 valence electrons. The van der Waals surface area contributed by atoms with Crippen molar-refractivity contribution in [2.75, 3.05) is 6.54 Å². The highest BCUT2D eigenvalue weighted by atomic mass is 19.1. The molecule has 1 aliphatic heterocycles. The van der Waals surface area contributed by atoms with Gasteiger partial charge in [-0.1, -0.05) is 6.42 Å². The first-order chi connectivity index (χ1) is 14.2. The Hall–Kier alpha value is -3.16. The van der Waals surface area contributed by atoms with E-state index in [1.807, 2.05) is 0 Å². The van der Waals surface area contributed by atoms with Crippen molar-refractivity contribution in [1.29, 1.82) is 0 Å². The van der Waals surface area contributed by atoms with Crippen LogP contribution in [0, 0.1) is 5.82 Å². The molecular formula is C21H23FN4O3. The number of fused-ring (bicyclic) bond motifs is 1. The van der Waals surface area contributed by atoms with Crippen molar-refractivity contribution in [2.45, 2.75) is 45.3 Å². The number of nitrogens with one attached hydrogen (secondary N) is 1. The Morgan fingerprint density at radius 3 is 2.86 bits per heavy atom. The zero-order chi connectivity index (χ0) is 20.1. The second kappa shape index (κ2) is 8.89. The maximum Gasteiger partial charge on any atom is 0.287 e. The predicted octanol–water partition coefficient (Wildman–Crippen LogP) is 3.29. The average molecular weight is 398 g/mol. The van der Waals surface area contributed by atoms with Crippen LogP contribution >= 0.6 is 0 Å². The quantitative estimate of drug-likeness (QED) is 0.660. The minimum absolute atomic E-state index is 0.158.